The summed E-state index contributed by atoms with van der Waals surface area (Å²) in [6.45, 7) is 4.05. The first-order valence-electron chi connectivity index (χ1n) is 13.9. The van der Waals surface area contributed by atoms with Crippen molar-refractivity contribution in [3.05, 3.63) is 101 Å². The Morgan fingerprint density at radius 3 is 2.33 bits per heavy atom. The van der Waals surface area contributed by atoms with E-state index in [1.807, 2.05) is 54.6 Å². The summed E-state index contributed by atoms with van der Waals surface area (Å²) in [5.41, 5.74) is 2.29. The summed E-state index contributed by atoms with van der Waals surface area (Å²) in [7, 11) is 0. The predicted molar refractivity (Wildman–Crippen MR) is 152 cm³/mol. The lowest BCUT2D eigenvalue weighted by molar-refractivity contribution is -0.140. The van der Waals surface area contributed by atoms with Crippen LogP contribution in [-0.2, 0) is 20.9 Å². The lowest BCUT2D eigenvalue weighted by Gasteiger charge is -2.27. The molecule has 0 spiro atoms. The second-order valence-electron chi connectivity index (χ2n) is 10.2. The van der Waals surface area contributed by atoms with Crippen molar-refractivity contribution in [1.82, 2.24) is 4.90 Å². The number of aliphatic hydroxyl groups is 1. The molecule has 5 rings (SSSR count). The smallest absolute Gasteiger partial charge is 0.295 e. The minimum absolute atomic E-state index is 0.0700. The normalized spacial score (nSPS) is 20.2. The number of hydrogen-bond acceptors (Lipinski definition) is 6. The van der Waals surface area contributed by atoms with Gasteiger partial charge in [-0.15, -0.1) is 0 Å². The molecule has 2 heterocycles. The van der Waals surface area contributed by atoms with E-state index >= 15 is 0 Å². The van der Waals surface area contributed by atoms with Crippen LogP contribution in [0.15, 0.2) is 84.4 Å². The quantitative estimate of drug-likeness (QED) is 0.138. The van der Waals surface area contributed by atoms with Crippen LogP contribution in [0.4, 0.5) is 0 Å². The van der Waals surface area contributed by atoms with Gasteiger partial charge in [0, 0.05) is 18.7 Å². The second kappa shape index (κ2) is 12.8. The van der Waals surface area contributed by atoms with E-state index in [0.717, 1.165) is 31.2 Å². The number of unbranched alkanes of at least 4 members (excludes halogenated alkanes) is 1. The van der Waals surface area contributed by atoms with Gasteiger partial charge in [0.15, 0.2) is 0 Å². The summed E-state index contributed by atoms with van der Waals surface area (Å²) >= 11 is 0. The topological polar surface area (TPSA) is 85.3 Å². The van der Waals surface area contributed by atoms with E-state index in [4.69, 9.17) is 14.2 Å². The van der Waals surface area contributed by atoms with E-state index in [9.17, 15) is 14.7 Å². The number of likely N-dealkylation sites (tertiary alicyclic amines) is 1. The zero-order valence-electron chi connectivity index (χ0n) is 22.8. The maximum Gasteiger partial charge on any atom is 0.295 e. The highest BCUT2D eigenvalue weighted by Crippen LogP contribution is 2.40. The molecule has 40 heavy (non-hydrogen) atoms. The number of carbonyl (C=O) groups is 2. The Bertz CT molecular complexity index is 1330. The van der Waals surface area contributed by atoms with Crippen molar-refractivity contribution in [1.29, 1.82) is 0 Å². The molecule has 2 atom stereocenters. The molecule has 3 aromatic carbocycles. The van der Waals surface area contributed by atoms with Crippen molar-refractivity contribution >= 4 is 17.4 Å². The summed E-state index contributed by atoms with van der Waals surface area (Å²) in [4.78, 5) is 28.2. The van der Waals surface area contributed by atoms with E-state index in [0.29, 0.717) is 42.4 Å². The molecular weight excluding hydrogens is 506 g/mol. The first kappa shape index (κ1) is 27.5. The first-order chi connectivity index (χ1) is 19.5. The standard InChI is InChI=1S/C33H35NO6/c1-2-3-19-38-26-17-13-25(14-18-26)31(35)29-30(34(33(37)32(29)36)21-28-10-7-20-39-28)24-11-15-27(16-12-24)40-22-23-8-5-4-6-9-23/h4-6,8-9,11-18,28,30,35H,2-3,7,10,19-22H2,1H3/t28-,30+/m1/s1. The molecule has 1 N–H and O–H groups in total. The van der Waals surface area contributed by atoms with Crippen LogP contribution in [-0.4, -0.2) is 47.6 Å². The third-order valence-corrected chi connectivity index (χ3v) is 7.30. The average Bonchev–Trinajstić information content (AvgIpc) is 3.59. The molecule has 0 bridgehead atoms. The summed E-state index contributed by atoms with van der Waals surface area (Å²) < 4.78 is 17.5. The molecule has 0 aromatic heterocycles. The van der Waals surface area contributed by atoms with Crippen LogP contribution in [0.5, 0.6) is 11.5 Å². The largest absolute Gasteiger partial charge is 0.507 e. The summed E-state index contributed by atoms with van der Waals surface area (Å²) in [6.07, 6.45) is 3.58. The summed E-state index contributed by atoms with van der Waals surface area (Å²) in [5.74, 6) is -0.185. The van der Waals surface area contributed by atoms with Gasteiger partial charge in [-0.1, -0.05) is 55.8 Å². The number of ether oxygens (including phenoxy) is 3. The number of rotatable bonds is 11. The molecule has 7 nitrogen and oxygen atoms in total. The highest BCUT2D eigenvalue weighted by atomic mass is 16.5. The molecule has 2 aliphatic rings. The fourth-order valence-corrected chi connectivity index (χ4v) is 5.11. The van der Waals surface area contributed by atoms with Gasteiger partial charge in [0.2, 0.25) is 0 Å². The van der Waals surface area contributed by atoms with Crippen LogP contribution in [0.1, 0.15) is 55.3 Å². The van der Waals surface area contributed by atoms with Crippen LogP contribution in [0.3, 0.4) is 0 Å². The van der Waals surface area contributed by atoms with Crippen molar-refractivity contribution in [2.75, 3.05) is 19.8 Å². The highest BCUT2D eigenvalue weighted by molar-refractivity contribution is 6.46. The molecule has 1 amide bonds. The average molecular weight is 542 g/mol. The SMILES string of the molecule is CCCCOc1ccc(C(O)=C2C(=O)C(=O)N(C[C@H]3CCCO3)[C@H]2c2ccc(OCc3ccccc3)cc2)cc1. The van der Waals surface area contributed by atoms with E-state index in [-0.39, 0.29) is 24.0 Å². The Balaban J connectivity index is 1.43. The molecule has 2 aliphatic heterocycles. The zero-order chi connectivity index (χ0) is 27.9. The fourth-order valence-electron chi connectivity index (χ4n) is 5.11. The minimum atomic E-state index is -0.743. The fraction of sp³-hybridized carbons (Fsp3) is 0.333. The molecule has 0 radical (unpaired) electrons. The van der Waals surface area contributed by atoms with Gasteiger partial charge in [-0.05, 0) is 66.8 Å². The van der Waals surface area contributed by atoms with Gasteiger partial charge in [0.25, 0.3) is 11.7 Å². The number of nitrogens with zero attached hydrogens (tertiary/aromatic N) is 1. The van der Waals surface area contributed by atoms with E-state index in [2.05, 4.69) is 6.92 Å². The Labute approximate surface area is 235 Å². The number of Topliss-reactive ketones (excluding diaryl/α,β-unsaturated/α-hetero) is 1. The Hall–Kier alpha value is -4.10. The lowest BCUT2D eigenvalue weighted by atomic mass is 9.95. The number of aliphatic hydroxyl groups excluding tert-OH is 1. The molecular formula is C33H35NO6. The Morgan fingerprint density at radius 2 is 1.65 bits per heavy atom. The minimum Gasteiger partial charge on any atom is -0.507 e. The summed E-state index contributed by atoms with van der Waals surface area (Å²) in [5, 5.41) is 11.4. The number of ketones is 1. The first-order valence-corrected chi connectivity index (χ1v) is 13.9. The van der Waals surface area contributed by atoms with E-state index in [1.54, 1.807) is 24.3 Å². The molecule has 0 aliphatic carbocycles. The van der Waals surface area contributed by atoms with E-state index in [1.165, 1.54) is 4.90 Å². The Kier molecular flexibility index (Phi) is 8.81. The number of benzene rings is 3. The van der Waals surface area contributed by atoms with Crippen molar-refractivity contribution < 1.29 is 28.9 Å². The van der Waals surface area contributed by atoms with Crippen molar-refractivity contribution in [2.24, 2.45) is 0 Å². The van der Waals surface area contributed by atoms with E-state index < -0.39 is 17.7 Å². The van der Waals surface area contributed by atoms with Crippen molar-refractivity contribution in [2.45, 2.75) is 51.4 Å². The monoisotopic (exact) mass is 541 g/mol. The van der Waals surface area contributed by atoms with Crippen LogP contribution < -0.4 is 9.47 Å². The van der Waals surface area contributed by atoms with Gasteiger partial charge in [0.05, 0.1) is 24.3 Å². The third kappa shape index (κ3) is 6.20. The molecule has 7 heteroatoms. The van der Waals surface area contributed by atoms with Gasteiger partial charge >= 0.3 is 0 Å². The van der Waals surface area contributed by atoms with Crippen molar-refractivity contribution in [3.63, 3.8) is 0 Å². The predicted octanol–water partition coefficient (Wildman–Crippen LogP) is 6.05. The molecule has 2 saturated heterocycles. The maximum atomic E-state index is 13.4. The van der Waals surface area contributed by atoms with Crippen LogP contribution in [0.25, 0.3) is 5.76 Å². The zero-order valence-corrected chi connectivity index (χ0v) is 22.8. The number of carbonyl (C=O) groups excluding carboxylic acids is 2. The number of hydrogen-bond donors (Lipinski definition) is 1. The summed E-state index contributed by atoms with van der Waals surface area (Å²) in [6, 6.07) is 23.4. The molecule has 0 saturated carbocycles. The second-order valence-corrected chi connectivity index (χ2v) is 10.2. The van der Waals surface area contributed by atoms with Crippen molar-refractivity contribution in [3.8, 4) is 11.5 Å². The van der Waals surface area contributed by atoms with Gasteiger partial charge in [0.1, 0.15) is 23.9 Å². The molecule has 208 valence electrons. The molecule has 2 fully saturated rings. The lowest BCUT2D eigenvalue weighted by Crippen LogP contribution is -2.36. The van der Waals surface area contributed by atoms with Crippen LogP contribution >= 0.6 is 0 Å². The number of amides is 1. The van der Waals surface area contributed by atoms with Crippen LogP contribution in [0.2, 0.25) is 0 Å². The van der Waals surface area contributed by atoms with Crippen LogP contribution in [0, 0.1) is 0 Å². The Morgan fingerprint density at radius 1 is 0.950 bits per heavy atom. The highest BCUT2D eigenvalue weighted by Gasteiger charge is 2.47. The van der Waals surface area contributed by atoms with Gasteiger partial charge in [-0.2, -0.15) is 0 Å². The van der Waals surface area contributed by atoms with Gasteiger partial charge < -0.3 is 24.2 Å². The van der Waals surface area contributed by atoms with Gasteiger partial charge in [-0.3, -0.25) is 9.59 Å². The van der Waals surface area contributed by atoms with Gasteiger partial charge in [-0.25, -0.2) is 0 Å². The third-order valence-electron chi connectivity index (χ3n) is 7.30. The molecule has 3 aromatic rings. The maximum absolute atomic E-state index is 13.4. The molecule has 0 unspecified atom stereocenters.